The van der Waals surface area contributed by atoms with Gasteiger partial charge in [-0.15, -0.1) is 12.3 Å². The van der Waals surface area contributed by atoms with E-state index in [0.29, 0.717) is 13.0 Å². The molecule has 0 aromatic carbocycles. The fraction of sp³-hybridized carbons (Fsp3) is 0.583. The Bertz CT molecular complexity index is 376. The third kappa shape index (κ3) is 6.93. The van der Waals surface area contributed by atoms with Crippen LogP contribution in [0, 0.1) is 12.3 Å². The van der Waals surface area contributed by atoms with Gasteiger partial charge < -0.3 is 21.1 Å². The number of urea groups is 1. The van der Waals surface area contributed by atoms with Crippen molar-refractivity contribution < 1.29 is 19.5 Å². The molecule has 0 aliphatic carbocycles. The second kappa shape index (κ2) is 8.80. The number of nitrogens with two attached hydrogens (primary N) is 1. The highest BCUT2D eigenvalue weighted by Crippen LogP contribution is 1.99. The Morgan fingerprint density at radius 3 is 2.53 bits per heavy atom. The molecule has 1 unspecified atom stereocenters. The summed E-state index contributed by atoms with van der Waals surface area (Å²) in [6.07, 6.45) is 6.42. The largest absolute Gasteiger partial charge is 0.480 e. The van der Waals surface area contributed by atoms with E-state index >= 15 is 0 Å². The Morgan fingerprint density at radius 1 is 1.47 bits per heavy atom. The topological polar surface area (TPSA) is 113 Å². The molecule has 0 aromatic rings. The zero-order valence-corrected chi connectivity index (χ0v) is 10.9. The molecule has 4 N–H and O–H groups in total. The normalized spacial score (nSPS) is 11.2. The monoisotopic (exact) mass is 269 g/mol. The molecule has 0 spiro atoms. The first-order valence-electron chi connectivity index (χ1n) is 5.92. The second-order valence-corrected chi connectivity index (χ2v) is 3.99. The first kappa shape index (κ1) is 16.8. The van der Waals surface area contributed by atoms with Gasteiger partial charge in [-0.2, -0.15) is 0 Å². The summed E-state index contributed by atoms with van der Waals surface area (Å²) in [6.45, 7) is 2.00. The van der Waals surface area contributed by atoms with Gasteiger partial charge in [0, 0.05) is 13.0 Å². The second-order valence-electron chi connectivity index (χ2n) is 3.99. The van der Waals surface area contributed by atoms with Crippen molar-refractivity contribution in [1.29, 1.82) is 0 Å². The van der Waals surface area contributed by atoms with Crippen LogP contribution in [0.4, 0.5) is 4.79 Å². The maximum atomic E-state index is 11.8. The smallest absolute Gasteiger partial charge is 0.327 e. The highest BCUT2D eigenvalue weighted by Gasteiger charge is 2.22. The highest BCUT2D eigenvalue weighted by molar-refractivity contribution is 5.86. The molecule has 1 atom stereocenters. The van der Waals surface area contributed by atoms with Crippen molar-refractivity contribution in [3.05, 3.63) is 0 Å². The Kier molecular flexibility index (Phi) is 7.77. The van der Waals surface area contributed by atoms with Crippen LogP contribution in [0.3, 0.4) is 0 Å². The van der Waals surface area contributed by atoms with Crippen molar-refractivity contribution in [2.45, 2.75) is 32.2 Å². The predicted octanol–water partition coefficient (Wildman–Crippen LogP) is -0.240. The zero-order chi connectivity index (χ0) is 14.8. The molecule has 0 radical (unpaired) electrons. The van der Waals surface area contributed by atoms with Gasteiger partial charge in [0.05, 0.1) is 0 Å². The molecule has 0 heterocycles. The number of aliphatic carboxylic acids is 1. The molecule has 0 saturated carbocycles. The van der Waals surface area contributed by atoms with Gasteiger partial charge >= 0.3 is 12.0 Å². The van der Waals surface area contributed by atoms with Crippen LogP contribution in [0.25, 0.3) is 0 Å². The molecule has 0 aliphatic heterocycles. The summed E-state index contributed by atoms with van der Waals surface area (Å²) in [7, 11) is 0. The van der Waals surface area contributed by atoms with E-state index < -0.39 is 23.9 Å². The van der Waals surface area contributed by atoms with Gasteiger partial charge in [-0.1, -0.05) is 13.3 Å². The van der Waals surface area contributed by atoms with Gasteiger partial charge in [0.1, 0.15) is 12.6 Å². The van der Waals surface area contributed by atoms with Gasteiger partial charge in [-0.05, 0) is 6.42 Å². The van der Waals surface area contributed by atoms with Crippen molar-refractivity contribution in [3.8, 4) is 12.3 Å². The molecule has 0 saturated heterocycles. The van der Waals surface area contributed by atoms with Gasteiger partial charge in [0.2, 0.25) is 5.91 Å². The number of carbonyl (C=O) groups excluding carboxylic acids is 2. The first-order chi connectivity index (χ1) is 8.92. The number of carbonyl (C=O) groups is 3. The minimum Gasteiger partial charge on any atom is -0.480 e. The molecule has 0 fully saturated rings. The van der Waals surface area contributed by atoms with Crippen LogP contribution in [0.1, 0.15) is 26.2 Å². The van der Waals surface area contributed by atoms with Gasteiger partial charge in [-0.25, -0.2) is 9.59 Å². The Morgan fingerprint density at radius 2 is 2.11 bits per heavy atom. The van der Waals surface area contributed by atoms with E-state index in [9.17, 15) is 14.4 Å². The lowest BCUT2D eigenvalue weighted by Crippen LogP contribution is -2.50. The van der Waals surface area contributed by atoms with E-state index in [1.54, 1.807) is 0 Å². The number of hydrogen-bond donors (Lipinski definition) is 3. The predicted molar refractivity (Wildman–Crippen MR) is 69.1 cm³/mol. The maximum absolute atomic E-state index is 11.8. The number of amides is 3. The number of unbranched alkanes of at least 4 members (excludes halogenated alkanes) is 1. The standard InChI is InChI=1S/C12H19N3O4/c1-3-5-7-15(8-10(13)16)12(19)14-9(6-4-2)11(17)18/h2,9H,3,5-8H2,1H3,(H2,13,16)(H,14,19)(H,17,18). The summed E-state index contributed by atoms with van der Waals surface area (Å²) in [4.78, 5) is 34.8. The summed E-state index contributed by atoms with van der Waals surface area (Å²) in [6, 6.07) is -1.83. The lowest BCUT2D eigenvalue weighted by Gasteiger charge is -2.23. The third-order valence-corrected chi connectivity index (χ3v) is 2.33. The lowest BCUT2D eigenvalue weighted by molar-refractivity contribution is -0.139. The van der Waals surface area contributed by atoms with Crippen molar-refractivity contribution in [2.75, 3.05) is 13.1 Å². The first-order valence-corrected chi connectivity index (χ1v) is 5.92. The number of rotatable bonds is 8. The minimum absolute atomic E-state index is 0.126. The Labute approximate surface area is 112 Å². The molecule has 106 valence electrons. The quantitative estimate of drug-likeness (QED) is 0.528. The SMILES string of the molecule is C#CCC(NC(=O)N(CCCC)CC(N)=O)C(=O)O. The van der Waals surface area contributed by atoms with E-state index in [-0.39, 0.29) is 13.0 Å². The van der Waals surface area contributed by atoms with E-state index in [0.717, 1.165) is 6.42 Å². The molecule has 0 aliphatic rings. The molecule has 7 heteroatoms. The Balaban J connectivity index is 4.64. The number of nitrogens with one attached hydrogen (secondary N) is 1. The van der Waals surface area contributed by atoms with Crippen LogP contribution in [0.5, 0.6) is 0 Å². The number of hydrogen-bond acceptors (Lipinski definition) is 3. The van der Waals surface area contributed by atoms with Gasteiger partial charge in [-0.3, -0.25) is 4.79 Å². The number of primary amides is 1. The van der Waals surface area contributed by atoms with Crippen molar-refractivity contribution in [3.63, 3.8) is 0 Å². The molecule has 0 bridgehead atoms. The van der Waals surface area contributed by atoms with Crippen LogP contribution in [-0.4, -0.2) is 47.0 Å². The Hall–Kier alpha value is -2.23. The van der Waals surface area contributed by atoms with E-state index in [1.807, 2.05) is 6.92 Å². The molecule has 0 aromatic heterocycles. The van der Waals surface area contributed by atoms with Gasteiger partial charge in [0.25, 0.3) is 0 Å². The summed E-state index contributed by atoms with van der Waals surface area (Å²) in [5.41, 5.74) is 5.04. The molecule has 7 nitrogen and oxygen atoms in total. The number of carboxylic acids is 1. The van der Waals surface area contributed by atoms with Crippen LogP contribution >= 0.6 is 0 Å². The number of terminal acetylenes is 1. The average Bonchev–Trinajstić information content (AvgIpc) is 2.33. The molecular weight excluding hydrogens is 250 g/mol. The summed E-state index contributed by atoms with van der Waals surface area (Å²) < 4.78 is 0. The van der Waals surface area contributed by atoms with E-state index in [1.165, 1.54) is 4.90 Å². The van der Waals surface area contributed by atoms with Crippen molar-refractivity contribution in [2.24, 2.45) is 5.73 Å². The van der Waals surface area contributed by atoms with E-state index in [2.05, 4.69) is 11.2 Å². The van der Waals surface area contributed by atoms with Crippen LogP contribution in [0.2, 0.25) is 0 Å². The summed E-state index contributed by atoms with van der Waals surface area (Å²) in [5.74, 6) is 0.293. The average molecular weight is 269 g/mol. The fourth-order valence-corrected chi connectivity index (χ4v) is 1.35. The molecule has 0 rings (SSSR count). The van der Waals surface area contributed by atoms with Gasteiger partial charge in [0.15, 0.2) is 0 Å². The van der Waals surface area contributed by atoms with Crippen LogP contribution in [0.15, 0.2) is 0 Å². The van der Waals surface area contributed by atoms with Crippen molar-refractivity contribution >= 4 is 17.9 Å². The summed E-state index contributed by atoms with van der Waals surface area (Å²) >= 11 is 0. The summed E-state index contributed by atoms with van der Waals surface area (Å²) in [5, 5.41) is 11.1. The maximum Gasteiger partial charge on any atom is 0.327 e. The van der Waals surface area contributed by atoms with Crippen LogP contribution in [-0.2, 0) is 9.59 Å². The van der Waals surface area contributed by atoms with Crippen molar-refractivity contribution in [1.82, 2.24) is 10.2 Å². The molecule has 19 heavy (non-hydrogen) atoms. The van der Waals surface area contributed by atoms with E-state index in [4.69, 9.17) is 17.3 Å². The lowest BCUT2D eigenvalue weighted by atomic mass is 10.2. The van der Waals surface area contributed by atoms with Crippen LogP contribution < -0.4 is 11.1 Å². The third-order valence-electron chi connectivity index (χ3n) is 2.33. The fourth-order valence-electron chi connectivity index (χ4n) is 1.35. The number of carboxylic acid groups (broad SMARTS) is 1. The molecule has 3 amide bonds. The zero-order valence-electron chi connectivity index (χ0n) is 10.9. The minimum atomic E-state index is -1.22. The molecular formula is C12H19N3O4. The highest BCUT2D eigenvalue weighted by atomic mass is 16.4. The number of nitrogens with zero attached hydrogens (tertiary/aromatic N) is 1.